The van der Waals surface area contributed by atoms with Gasteiger partial charge in [0, 0.05) is 25.7 Å². The second-order valence-electron chi connectivity index (χ2n) is 5.31. The van der Waals surface area contributed by atoms with E-state index in [0.717, 1.165) is 16.5 Å². The van der Waals surface area contributed by atoms with Crippen LogP contribution in [0.15, 0.2) is 42.5 Å². The number of ether oxygens (including phenoxy) is 2. The number of esters is 1. The molecule has 122 valence electrons. The minimum atomic E-state index is -0.365. The van der Waals surface area contributed by atoms with Gasteiger partial charge in [0.05, 0.1) is 12.6 Å². The molecule has 2 rings (SSSR count). The number of hydrogen-bond acceptors (Lipinski definition) is 4. The molecule has 1 unspecified atom stereocenters. The van der Waals surface area contributed by atoms with Crippen molar-refractivity contribution in [2.24, 2.45) is 0 Å². The van der Waals surface area contributed by atoms with E-state index in [2.05, 4.69) is 5.32 Å². The van der Waals surface area contributed by atoms with Crippen LogP contribution >= 0.6 is 0 Å². The van der Waals surface area contributed by atoms with Crippen LogP contribution in [0, 0.1) is 0 Å². The van der Waals surface area contributed by atoms with Crippen molar-refractivity contribution in [1.29, 1.82) is 0 Å². The summed E-state index contributed by atoms with van der Waals surface area (Å²) < 4.78 is 10.8. The Bertz CT molecular complexity index is 678. The van der Waals surface area contributed by atoms with Gasteiger partial charge in [-0.3, -0.25) is 9.59 Å². The van der Waals surface area contributed by atoms with Crippen LogP contribution in [-0.2, 0) is 14.3 Å². The molecule has 0 saturated heterocycles. The third-order valence-electron chi connectivity index (χ3n) is 3.37. The Morgan fingerprint density at radius 1 is 1.09 bits per heavy atom. The smallest absolute Gasteiger partial charge is 0.302 e. The summed E-state index contributed by atoms with van der Waals surface area (Å²) in [6, 6.07) is 13.6. The maximum absolute atomic E-state index is 11.2. The van der Waals surface area contributed by atoms with Crippen molar-refractivity contribution in [3.05, 3.63) is 42.5 Å². The lowest BCUT2D eigenvalue weighted by Crippen LogP contribution is -2.38. The summed E-state index contributed by atoms with van der Waals surface area (Å²) in [5, 5.41) is 4.92. The molecule has 2 aromatic rings. The highest BCUT2D eigenvalue weighted by Crippen LogP contribution is 2.25. The highest BCUT2D eigenvalue weighted by atomic mass is 16.5. The van der Waals surface area contributed by atoms with E-state index < -0.39 is 0 Å². The average Bonchev–Trinajstić information content (AvgIpc) is 2.52. The lowest BCUT2D eigenvalue weighted by atomic mass is 10.1. The number of nitrogens with one attached hydrogen (secondary N) is 1. The quantitative estimate of drug-likeness (QED) is 0.798. The first-order chi connectivity index (χ1) is 11.1. The highest BCUT2D eigenvalue weighted by Gasteiger charge is 2.12. The number of fused-ring (bicyclic) bond motifs is 1. The first-order valence-corrected chi connectivity index (χ1v) is 7.57. The summed E-state index contributed by atoms with van der Waals surface area (Å²) in [5.74, 6) is 0.278. The van der Waals surface area contributed by atoms with E-state index in [0.29, 0.717) is 13.0 Å². The van der Waals surface area contributed by atoms with Crippen LogP contribution < -0.4 is 10.1 Å². The summed E-state index contributed by atoms with van der Waals surface area (Å²) in [5.41, 5.74) is 0. The molecule has 5 heteroatoms. The van der Waals surface area contributed by atoms with E-state index in [9.17, 15) is 9.59 Å². The van der Waals surface area contributed by atoms with Gasteiger partial charge >= 0.3 is 5.97 Å². The minimum Gasteiger partial charge on any atom is -0.493 e. The van der Waals surface area contributed by atoms with Crippen LogP contribution in [-0.4, -0.2) is 31.1 Å². The topological polar surface area (TPSA) is 64.6 Å². The van der Waals surface area contributed by atoms with E-state index >= 15 is 0 Å². The summed E-state index contributed by atoms with van der Waals surface area (Å²) in [6.07, 6.45) is 0.552. The van der Waals surface area contributed by atoms with Gasteiger partial charge < -0.3 is 14.8 Å². The second-order valence-corrected chi connectivity index (χ2v) is 5.31. The molecule has 0 fully saturated rings. The fourth-order valence-corrected chi connectivity index (χ4v) is 2.34. The predicted molar refractivity (Wildman–Crippen MR) is 88.3 cm³/mol. The van der Waals surface area contributed by atoms with Crippen molar-refractivity contribution in [3.8, 4) is 5.75 Å². The van der Waals surface area contributed by atoms with Gasteiger partial charge in [-0.2, -0.15) is 0 Å². The van der Waals surface area contributed by atoms with Gasteiger partial charge in [0.1, 0.15) is 12.4 Å². The molecule has 1 atom stereocenters. The van der Waals surface area contributed by atoms with Gasteiger partial charge in [0.2, 0.25) is 5.91 Å². The van der Waals surface area contributed by atoms with Crippen LogP contribution in [0.4, 0.5) is 0 Å². The fourth-order valence-electron chi connectivity index (χ4n) is 2.34. The van der Waals surface area contributed by atoms with Crippen molar-refractivity contribution in [1.82, 2.24) is 5.32 Å². The maximum Gasteiger partial charge on any atom is 0.302 e. The normalized spacial score (nSPS) is 11.7. The molecule has 0 saturated carbocycles. The Morgan fingerprint density at radius 2 is 1.83 bits per heavy atom. The Balaban J connectivity index is 1.94. The Morgan fingerprint density at radius 3 is 2.57 bits per heavy atom. The van der Waals surface area contributed by atoms with Crippen molar-refractivity contribution in [2.75, 3.05) is 13.2 Å². The number of carbonyl (C=O) groups excluding carboxylic acids is 2. The molecule has 0 radical (unpaired) electrons. The Hall–Kier alpha value is -2.56. The largest absolute Gasteiger partial charge is 0.493 e. The molecule has 0 spiro atoms. The first-order valence-electron chi connectivity index (χ1n) is 7.57. The molecule has 0 aliphatic rings. The zero-order chi connectivity index (χ0) is 16.7. The standard InChI is InChI=1S/C18H21NO4/c1-13(20)19-16(12-23-14(2)21)10-11-22-18-9-5-7-15-6-3-4-8-17(15)18/h3-9,16H,10-12H2,1-2H3,(H,19,20). The zero-order valence-electron chi connectivity index (χ0n) is 13.4. The molecule has 1 amide bonds. The second kappa shape index (κ2) is 8.17. The van der Waals surface area contributed by atoms with Gasteiger partial charge in [-0.15, -0.1) is 0 Å². The monoisotopic (exact) mass is 315 g/mol. The summed E-state index contributed by atoms with van der Waals surface area (Å²) in [6.45, 7) is 3.35. The SMILES string of the molecule is CC(=O)NC(CCOc1cccc2ccccc12)COC(C)=O. The lowest BCUT2D eigenvalue weighted by molar-refractivity contribution is -0.142. The third kappa shape index (κ3) is 5.29. The van der Waals surface area contributed by atoms with E-state index in [1.807, 2.05) is 42.5 Å². The number of benzene rings is 2. The molecule has 0 aromatic heterocycles. The van der Waals surface area contributed by atoms with Crippen molar-refractivity contribution >= 4 is 22.6 Å². The molecular weight excluding hydrogens is 294 g/mol. The number of amides is 1. The maximum atomic E-state index is 11.2. The van der Waals surface area contributed by atoms with Crippen LogP contribution in [0.5, 0.6) is 5.75 Å². The third-order valence-corrected chi connectivity index (χ3v) is 3.37. The van der Waals surface area contributed by atoms with Gasteiger partial charge in [-0.25, -0.2) is 0 Å². The molecule has 5 nitrogen and oxygen atoms in total. The Kier molecular flexibility index (Phi) is 5.97. The number of carbonyl (C=O) groups is 2. The fraction of sp³-hybridized carbons (Fsp3) is 0.333. The van der Waals surface area contributed by atoms with Crippen LogP contribution in [0.3, 0.4) is 0 Å². The van der Waals surface area contributed by atoms with Gasteiger partial charge in [0.25, 0.3) is 0 Å². The van der Waals surface area contributed by atoms with Crippen LogP contribution in [0.1, 0.15) is 20.3 Å². The zero-order valence-corrected chi connectivity index (χ0v) is 13.4. The summed E-state index contributed by atoms with van der Waals surface area (Å²) in [7, 11) is 0. The Labute approximate surface area is 135 Å². The number of hydrogen-bond donors (Lipinski definition) is 1. The van der Waals surface area contributed by atoms with Gasteiger partial charge in [0.15, 0.2) is 0 Å². The average molecular weight is 315 g/mol. The molecule has 0 heterocycles. The molecule has 0 bridgehead atoms. The first kappa shape index (κ1) is 16.8. The molecule has 0 aliphatic carbocycles. The summed E-state index contributed by atoms with van der Waals surface area (Å²) >= 11 is 0. The molecule has 2 aromatic carbocycles. The lowest BCUT2D eigenvalue weighted by Gasteiger charge is -2.18. The van der Waals surface area contributed by atoms with E-state index in [1.165, 1.54) is 13.8 Å². The van der Waals surface area contributed by atoms with E-state index in [-0.39, 0.29) is 24.5 Å². The van der Waals surface area contributed by atoms with Crippen molar-refractivity contribution < 1.29 is 19.1 Å². The number of rotatable bonds is 7. The van der Waals surface area contributed by atoms with Crippen LogP contribution in [0.2, 0.25) is 0 Å². The molecule has 1 N–H and O–H groups in total. The molecule has 0 aliphatic heterocycles. The predicted octanol–water partition coefficient (Wildman–Crippen LogP) is 2.68. The van der Waals surface area contributed by atoms with Gasteiger partial charge in [-0.05, 0) is 11.5 Å². The van der Waals surface area contributed by atoms with Crippen molar-refractivity contribution in [3.63, 3.8) is 0 Å². The van der Waals surface area contributed by atoms with E-state index in [4.69, 9.17) is 9.47 Å². The molecular formula is C18H21NO4. The van der Waals surface area contributed by atoms with E-state index in [1.54, 1.807) is 0 Å². The molecule has 23 heavy (non-hydrogen) atoms. The minimum absolute atomic E-state index is 0.147. The summed E-state index contributed by atoms with van der Waals surface area (Å²) in [4.78, 5) is 22.1. The van der Waals surface area contributed by atoms with Gasteiger partial charge in [-0.1, -0.05) is 36.4 Å². The van der Waals surface area contributed by atoms with Crippen LogP contribution in [0.25, 0.3) is 10.8 Å². The van der Waals surface area contributed by atoms with Crippen molar-refractivity contribution in [2.45, 2.75) is 26.3 Å². The highest BCUT2D eigenvalue weighted by molar-refractivity contribution is 5.88.